The van der Waals surface area contributed by atoms with Gasteiger partial charge in [-0.1, -0.05) is 34.6 Å². The molecule has 0 aromatic rings. The van der Waals surface area contributed by atoms with E-state index in [0.29, 0.717) is 41.0 Å². The third-order valence-electron chi connectivity index (χ3n) is 14.4. The van der Waals surface area contributed by atoms with Crippen molar-refractivity contribution in [3.05, 3.63) is 0 Å². The molecule has 2 spiro atoms. The third-order valence-corrected chi connectivity index (χ3v) is 14.4. The summed E-state index contributed by atoms with van der Waals surface area (Å²) in [4.78, 5) is 14.5. The number of amides is 1. The lowest BCUT2D eigenvalue weighted by Gasteiger charge is -2.63. The maximum absolute atomic E-state index is 12.7. The number of carbonyl (C=O) groups excluding carboxylic acids is 1. The molecule has 3 unspecified atom stereocenters. The van der Waals surface area contributed by atoms with Gasteiger partial charge >= 0.3 is 6.09 Å². The second-order valence-electron chi connectivity index (χ2n) is 16.9. The van der Waals surface area contributed by atoms with Crippen LogP contribution in [0.4, 0.5) is 4.79 Å². The van der Waals surface area contributed by atoms with Crippen LogP contribution in [0, 0.1) is 50.7 Å². The first-order chi connectivity index (χ1) is 18.0. The fourth-order valence-electron chi connectivity index (χ4n) is 12.4. The molecule has 1 amide bonds. The third kappa shape index (κ3) is 3.34. The highest BCUT2D eigenvalue weighted by atomic mass is 16.5. The maximum atomic E-state index is 12.7. The Labute approximate surface area is 236 Å². The summed E-state index contributed by atoms with van der Waals surface area (Å²) in [7, 11) is 1.44. The zero-order valence-electron chi connectivity index (χ0n) is 26.0. The van der Waals surface area contributed by atoms with Crippen LogP contribution in [0.15, 0.2) is 0 Å². The average Bonchev–Trinajstić information content (AvgIpc) is 3.49. The molecule has 6 rings (SSSR count). The monoisotopic (exact) mass is 545 g/mol. The van der Waals surface area contributed by atoms with Crippen LogP contribution in [0.25, 0.3) is 0 Å². The van der Waals surface area contributed by atoms with Crippen LogP contribution in [0.3, 0.4) is 0 Å². The highest BCUT2D eigenvalue weighted by molar-refractivity contribution is 5.68. The van der Waals surface area contributed by atoms with E-state index in [1.165, 1.54) is 26.4 Å². The predicted molar refractivity (Wildman–Crippen MR) is 151 cm³/mol. The van der Waals surface area contributed by atoms with Crippen LogP contribution in [-0.4, -0.2) is 64.8 Å². The lowest BCUT2D eigenvalue weighted by molar-refractivity contribution is -0.182. The van der Waals surface area contributed by atoms with Crippen LogP contribution in [-0.2, 0) is 9.47 Å². The molecule has 0 bridgehead atoms. The fourth-order valence-corrected chi connectivity index (χ4v) is 12.4. The number of ether oxygens (including phenoxy) is 2. The summed E-state index contributed by atoms with van der Waals surface area (Å²) in [6.07, 6.45) is 7.68. The Bertz CT molecular complexity index is 1020. The summed E-state index contributed by atoms with van der Waals surface area (Å²) in [6.45, 7) is 18.5. The van der Waals surface area contributed by atoms with Gasteiger partial charge in [0.25, 0.3) is 0 Å². The Morgan fingerprint density at radius 2 is 1.64 bits per heavy atom. The summed E-state index contributed by atoms with van der Waals surface area (Å²) < 4.78 is 12.0. The van der Waals surface area contributed by atoms with Gasteiger partial charge in [-0.25, -0.2) is 4.79 Å². The summed E-state index contributed by atoms with van der Waals surface area (Å²) in [6, 6.07) is 0. The Morgan fingerprint density at radius 3 is 2.28 bits per heavy atom. The second-order valence-corrected chi connectivity index (χ2v) is 16.9. The molecule has 1 saturated heterocycles. The van der Waals surface area contributed by atoms with Gasteiger partial charge in [0.2, 0.25) is 0 Å². The highest BCUT2D eigenvalue weighted by Crippen LogP contribution is 2.89. The first-order valence-corrected chi connectivity index (χ1v) is 15.9. The largest absolute Gasteiger partial charge is 0.453 e. The molecule has 1 heterocycles. The maximum Gasteiger partial charge on any atom is 0.410 e. The Kier molecular flexibility index (Phi) is 6.07. The lowest BCUT2D eigenvalue weighted by Crippen LogP contribution is -2.59. The molecular formula is C33H55NO5. The van der Waals surface area contributed by atoms with Crippen molar-refractivity contribution in [2.45, 2.75) is 137 Å². The number of aliphatic hydroxyl groups excluding tert-OH is 2. The van der Waals surface area contributed by atoms with E-state index in [2.05, 4.69) is 34.6 Å². The molecule has 2 N–H and O–H groups in total. The van der Waals surface area contributed by atoms with Gasteiger partial charge in [0, 0.05) is 11.0 Å². The van der Waals surface area contributed by atoms with E-state index >= 15 is 0 Å². The normalized spacial score (nSPS) is 53.4. The van der Waals surface area contributed by atoms with Crippen molar-refractivity contribution < 1.29 is 24.5 Å². The van der Waals surface area contributed by atoms with Gasteiger partial charge in [-0.2, -0.15) is 0 Å². The standard InChI is InChI=1S/C33H55NO5/c1-19-16-20(17-34(27(37)38-9)28(2,3)4)39-25-24(19)30(7)14-15-33-18-32(33)13-12-23(35)29(5,6)21(32)10-11-22(33)31(30,8)26(25)36/h19-26,35-36H,10-18H2,1-9H3/t19-,20?,21+,22?,23+,24+,25?,26+,30-,31-,32-,33+/m1/s1. The number of hydrogen-bond donors (Lipinski definition) is 2. The van der Waals surface area contributed by atoms with Crippen LogP contribution in [0.1, 0.15) is 107 Å². The summed E-state index contributed by atoms with van der Waals surface area (Å²) in [5.41, 5.74) is 0.101. The highest BCUT2D eigenvalue weighted by Gasteiger charge is 2.84. The van der Waals surface area contributed by atoms with E-state index in [0.717, 1.165) is 32.1 Å². The van der Waals surface area contributed by atoms with Crippen LogP contribution in [0.5, 0.6) is 0 Å². The first-order valence-electron chi connectivity index (χ1n) is 15.9. The molecular weight excluding hydrogens is 490 g/mol. The zero-order valence-corrected chi connectivity index (χ0v) is 26.0. The van der Waals surface area contributed by atoms with E-state index in [1.54, 1.807) is 4.90 Å². The van der Waals surface area contributed by atoms with E-state index < -0.39 is 6.10 Å². The van der Waals surface area contributed by atoms with Gasteiger partial charge in [0.05, 0.1) is 38.1 Å². The van der Waals surface area contributed by atoms with Crippen LogP contribution < -0.4 is 0 Å². The number of carbonyl (C=O) groups is 1. The zero-order chi connectivity index (χ0) is 28.6. The topological polar surface area (TPSA) is 79.2 Å². The molecule has 0 aromatic carbocycles. The predicted octanol–water partition coefficient (Wildman–Crippen LogP) is 6.03. The van der Waals surface area contributed by atoms with Crippen molar-refractivity contribution in [1.82, 2.24) is 4.90 Å². The number of hydrogen-bond acceptors (Lipinski definition) is 5. The Morgan fingerprint density at radius 1 is 1.00 bits per heavy atom. The van der Waals surface area contributed by atoms with Gasteiger partial charge in [-0.3, -0.25) is 0 Å². The minimum Gasteiger partial charge on any atom is -0.453 e. The summed E-state index contributed by atoms with van der Waals surface area (Å²) in [5.74, 6) is 1.82. The van der Waals surface area contributed by atoms with Crippen molar-refractivity contribution in [2.75, 3.05) is 13.7 Å². The molecule has 6 nitrogen and oxygen atoms in total. The molecule has 12 atom stereocenters. The number of methoxy groups -OCH3 is 1. The minimum atomic E-state index is -0.502. The van der Waals surface area contributed by atoms with E-state index in [-0.39, 0.29) is 46.2 Å². The number of nitrogens with zero attached hydrogens (tertiary/aromatic N) is 1. The number of fused-ring (bicyclic) bond motifs is 4. The lowest BCUT2D eigenvalue weighted by atomic mass is 9.41. The second kappa shape index (κ2) is 8.37. The number of aliphatic hydroxyl groups is 2. The smallest absolute Gasteiger partial charge is 0.410 e. The van der Waals surface area contributed by atoms with Gasteiger partial charge in [-0.15, -0.1) is 0 Å². The molecule has 5 saturated carbocycles. The molecule has 6 heteroatoms. The van der Waals surface area contributed by atoms with Gasteiger partial charge in [0.15, 0.2) is 0 Å². The Hall–Kier alpha value is -0.850. The molecule has 0 radical (unpaired) electrons. The average molecular weight is 546 g/mol. The van der Waals surface area contributed by atoms with Gasteiger partial charge in [0.1, 0.15) is 0 Å². The van der Waals surface area contributed by atoms with Crippen molar-refractivity contribution in [1.29, 1.82) is 0 Å². The first kappa shape index (κ1) is 28.3. The van der Waals surface area contributed by atoms with Crippen molar-refractivity contribution >= 4 is 6.09 Å². The molecule has 222 valence electrons. The quantitative estimate of drug-likeness (QED) is 0.443. The molecule has 6 fully saturated rings. The van der Waals surface area contributed by atoms with Crippen molar-refractivity contribution in [2.24, 2.45) is 50.7 Å². The van der Waals surface area contributed by atoms with Gasteiger partial charge < -0.3 is 24.6 Å². The van der Waals surface area contributed by atoms with Crippen molar-refractivity contribution in [3.63, 3.8) is 0 Å². The Balaban J connectivity index is 1.30. The number of rotatable bonds is 2. The van der Waals surface area contributed by atoms with E-state index in [4.69, 9.17) is 9.47 Å². The molecule has 39 heavy (non-hydrogen) atoms. The van der Waals surface area contributed by atoms with E-state index in [1.807, 2.05) is 20.8 Å². The van der Waals surface area contributed by atoms with E-state index in [9.17, 15) is 15.0 Å². The van der Waals surface area contributed by atoms with Crippen LogP contribution in [0.2, 0.25) is 0 Å². The summed E-state index contributed by atoms with van der Waals surface area (Å²) in [5, 5.41) is 23.3. The van der Waals surface area contributed by atoms with Crippen molar-refractivity contribution in [3.8, 4) is 0 Å². The fraction of sp³-hybridized carbons (Fsp3) is 0.970. The molecule has 1 aliphatic heterocycles. The SMILES string of the molecule is COC(=O)N(CC1C[C@@H](C)[C@H]2C(O1)[C@H](O)[C@@]1(C)C3CC[C@H]4C(C)(C)[C@@H](O)CC[C@@]45C[C@@]35CC[C@]21C)C(C)(C)C. The minimum absolute atomic E-state index is 0.0277. The van der Waals surface area contributed by atoms with Crippen LogP contribution >= 0.6 is 0 Å². The summed E-state index contributed by atoms with van der Waals surface area (Å²) >= 11 is 0. The molecule has 6 aliphatic rings. The molecule has 0 aromatic heterocycles. The van der Waals surface area contributed by atoms with Gasteiger partial charge in [-0.05, 0) is 117 Å². The molecule has 5 aliphatic carbocycles.